The second kappa shape index (κ2) is 5.71. The number of rotatable bonds is 5. The Labute approximate surface area is 117 Å². The summed E-state index contributed by atoms with van der Waals surface area (Å²) in [5.41, 5.74) is 0.827. The van der Waals surface area contributed by atoms with Crippen molar-refractivity contribution in [3.8, 4) is 0 Å². The molecule has 1 atom stereocenters. The van der Waals surface area contributed by atoms with Crippen molar-refractivity contribution >= 4 is 26.9 Å². The molecule has 0 aliphatic rings. The van der Waals surface area contributed by atoms with E-state index in [0.717, 1.165) is 18.4 Å². The van der Waals surface area contributed by atoms with Crippen LogP contribution in [0.15, 0.2) is 40.9 Å². The Balaban J connectivity index is 2.15. The van der Waals surface area contributed by atoms with Crippen LogP contribution in [0.2, 0.25) is 0 Å². The van der Waals surface area contributed by atoms with Gasteiger partial charge in [-0.25, -0.2) is 13.4 Å². The predicted octanol–water partition coefficient (Wildman–Crippen LogP) is 3.11. The van der Waals surface area contributed by atoms with Crippen LogP contribution < -0.4 is 5.32 Å². The van der Waals surface area contributed by atoms with Crippen LogP contribution >= 0.6 is 11.3 Å². The number of thiophene rings is 1. The molecule has 1 N–H and O–H groups in total. The van der Waals surface area contributed by atoms with Crippen LogP contribution in [0.3, 0.4) is 0 Å². The first-order valence-electron chi connectivity index (χ1n) is 5.96. The summed E-state index contributed by atoms with van der Waals surface area (Å²) < 4.78 is 22.7. The van der Waals surface area contributed by atoms with Crippen molar-refractivity contribution in [3.63, 3.8) is 0 Å². The molecule has 1 unspecified atom stereocenters. The minimum Gasteiger partial charge on any atom is -0.376 e. The van der Waals surface area contributed by atoms with Crippen LogP contribution in [0.4, 0.5) is 5.69 Å². The molecule has 2 aromatic rings. The highest BCUT2D eigenvalue weighted by Crippen LogP contribution is 2.26. The Hall–Kier alpha value is -1.40. The first-order chi connectivity index (χ1) is 9.00. The molecular weight excluding hydrogens is 280 g/mol. The molecule has 6 heteroatoms. The van der Waals surface area contributed by atoms with E-state index in [9.17, 15) is 8.42 Å². The molecule has 0 radical (unpaired) electrons. The van der Waals surface area contributed by atoms with Gasteiger partial charge in [0.25, 0.3) is 0 Å². The average Bonchev–Trinajstić information content (AvgIpc) is 2.89. The van der Waals surface area contributed by atoms with Crippen molar-refractivity contribution in [1.82, 2.24) is 4.98 Å². The molecule has 0 bridgehead atoms. The molecule has 102 valence electrons. The van der Waals surface area contributed by atoms with Crippen molar-refractivity contribution in [2.45, 2.75) is 24.4 Å². The Morgan fingerprint density at radius 3 is 2.63 bits per heavy atom. The van der Waals surface area contributed by atoms with Crippen LogP contribution in [-0.4, -0.2) is 19.7 Å². The molecule has 0 aliphatic heterocycles. The van der Waals surface area contributed by atoms with Gasteiger partial charge in [-0.3, -0.25) is 0 Å². The average molecular weight is 296 g/mol. The number of nitrogens with zero attached hydrogens (tertiary/aromatic N) is 1. The SMILES string of the molecule is CCC(Nc1ccc(S(C)(=O)=O)nc1)c1cccs1. The molecule has 0 saturated heterocycles. The molecule has 2 aromatic heterocycles. The lowest BCUT2D eigenvalue weighted by Gasteiger charge is -2.16. The molecule has 2 rings (SSSR count). The van der Waals surface area contributed by atoms with Crippen molar-refractivity contribution in [1.29, 1.82) is 0 Å². The minimum absolute atomic E-state index is 0.0993. The Bertz CT molecular complexity index is 619. The summed E-state index contributed by atoms with van der Waals surface area (Å²) in [6.07, 6.45) is 3.67. The first-order valence-corrected chi connectivity index (χ1v) is 8.74. The lowest BCUT2D eigenvalue weighted by molar-refractivity contribution is 0.598. The van der Waals surface area contributed by atoms with Crippen molar-refractivity contribution in [2.24, 2.45) is 0 Å². The van der Waals surface area contributed by atoms with Gasteiger partial charge in [-0.2, -0.15) is 0 Å². The van der Waals surface area contributed by atoms with E-state index in [1.54, 1.807) is 23.6 Å². The van der Waals surface area contributed by atoms with Gasteiger partial charge in [-0.15, -0.1) is 11.3 Å². The summed E-state index contributed by atoms with van der Waals surface area (Å²) in [5.74, 6) is 0. The lowest BCUT2D eigenvalue weighted by Crippen LogP contribution is -2.09. The molecule has 0 aromatic carbocycles. The number of nitrogens with one attached hydrogen (secondary N) is 1. The Morgan fingerprint density at radius 2 is 2.16 bits per heavy atom. The van der Waals surface area contributed by atoms with E-state index in [-0.39, 0.29) is 11.1 Å². The molecular formula is C13H16N2O2S2. The van der Waals surface area contributed by atoms with Gasteiger partial charge in [0.05, 0.1) is 17.9 Å². The smallest absolute Gasteiger partial charge is 0.192 e. The highest BCUT2D eigenvalue weighted by Gasteiger charge is 2.12. The second-order valence-electron chi connectivity index (χ2n) is 4.28. The first kappa shape index (κ1) is 14.0. The maximum Gasteiger partial charge on any atom is 0.192 e. The zero-order valence-electron chi connectivity index (χ0n) is 10.8. The van der Waals surface area contributed by atoms with Gasteiger partial charge in [0, 0.05) is 11.1 Å². The zero-order chi connectivity index (χ0) is 13.9. The largest absolute Gasteiger partial charge is 0.376 e. The molecule has 0 aliphatic carbocycles. The van der Waals surface area contributed by atoms with Gasteiger partial charge in [-0.05, 0) is 30.0 Å². The summed E-state index contributed by atoms with van der Waals surface area (Å²) in [6, 6.07) is 7.61. The topological polar surface area (TPSA) is 59.1 Å². The van der Waals surface area contributed by atoms with Gasteiger partial charge < -0.3 is 5.32 Å². The maximum absolute atomic E-state index is 11.3. The monoisotopic (exact) mass is 296 g/mol. The fraction of sp³-hybridized carbons (Fsp3) is 0.308. The molecule has 0 saturated carbocycles. The minimum atomic E-state index is -3.23. The van der Waals surface area contributed by atoms with E-state index >= 15 is 0 Å². The van der Waals surface area contributed by atoms with E-state index in [4.69, 9.17) is 0 Å². The quantitative estimate of drug-likeness (QED) is 0.921. The summed E-state index contributed by atoms with van der Waals surface area (Å²) in [4.78, 5) is 5.23. The molecule has 0 amide bonds. The summed E-state index contributed by atoms with van der Waals surface area (Å²) in [7, 11) is -3.23. The third kappa shape index (κ3) is 3.54. The third-order valence-corrected chi connectivity index (χ3v) is 4.74. The molecule has 2 heterocycles. The van der Waals surface area contributed by atoms with E-state index in [1.165, 1.54) is 10.9 Å². The number of pyridine rings is 1. The van der Waals surface area contributed by atoms with Crippen LogP contribution in [0.1, 0.15) is 24.3 Å². The van der Waals surface area contributed by atoms with E-state index in [1.807, 2.05) is 11.4 Å². The normalized spacial score (nSPS) is 13.2. The van der Waals surface area contributed by atoms with Crippen LogP contribution in [-0.2, 0) is 9.84 Å². The highest BCUT2D eigenvalue weighted by molar-refractivity contribution is 7.90. The van der Waals surface area contributed by atoms with Gasteiger partial charge in [0.2, 0.25) is 0 Å². The third-order valence-electron chi connectivity index (χ3n) is 2.75. The van der Waals surface area contributed by atoms with Crippen molar-refractivity contribution in [3.05, 3.63) is 40.7 Å². The Kier molecular flexibility index (Phi) is 4.21. The van der Waals surface area contributed by atoms with Gasteiger partial charge >= 0.3 is 0 Å². The predicted molar refractivity (Wildman–Crippen MR) is 78.3 cm³/mol. The molecule has 0 spiro atoms. The van der Waals surface area contributed by atoms with Crippen LogP contribution in [0, 0.1) is 0 Å². The maximum atomic E-state index is 11.3. The number of hydrogen-bond acceptors (Lipinski definition) is 5. The summed E-state index contributed by atoms with van der Waals surface area (Å²) in [5, 5.41) is 5.51. The van der Waals surface area contributed by atoms with Gasteiger partial charge in [0.1, 0.15) is 0 Å². The van der Waals surface area contributed by atoms with Crippen molar-refractivity contribution in [2.75, 3.05) is 11.6 Å². The number of anilines is 1. The zero-order valence-corrected chi connectivity index (χ0v) is 12.5. The number of sulfone groups is 1. The second-order valence-corrected chi connectivity index (χ2v) is 7.22. The van der Waals surface area contributed by atoms with Crippen LogP contribution in [0.25, 0.3) is 0 Å². The fourth-order valence-corrected chi connectivity index (χ4v) is 3.17. The lowest BCUT2D eigenvalue weighted by atomic mass is 10.2. The molecule has 19 heavy (non-hydrogen) atoms. The number of hydrogen-bond donors (Lipinski definition) is 1. The summed E-state index contributed by atoms with van der Waals surface area (Å²) in [6.45, 7) is 2.11. The highest BCUT2D eigenvalue weighted by atomic mass is 32.2. The number of aromatic nitrogens is 1. The summed E-state index contributed by atoms with van der Waals surface area (Å²) >= 11 is 1.70. The standard InChI is InChI=1S/C13H16N2O2S2/c1-3-11(12-5-4-8-18-12)15-10-6-7-13(14-9-10)19(2,16)17/h4-9,11,15H,3H2,1-2H3. The molecule has 0 fully saturated rings. The van der Waals surface area contributed by atoms with E-state index in [0.29, 0.717) is 0 Å². The van der Waals surface area contributed by atoms with Gasteiger partial charge in [0.15, 0.2) is 14.9 Å². The van der Waals surface area contributed by atoms with Crippen molar-refractivity contribution < 1.29 is 8.42 Å². The van der Waals surface area contributed by atoms with E-state index < -0.39 is 9.84 Å². The molecule has 4 nitrogen and oxygen atoms in total. The van der Waals surface area contributed by atoms with Gasteiger partial charge in [-0.1, -0.05) is 13.0 Å². The van der Waals surface area contributed by atoms with Crippen LogP contribution in [0.5, 0.6) is 0 Å². The Morgan fingerprint density at radius 1 is 1.37 bits per heavy atom. The van der Waals surface area contributed by atoms with E-state index in [2.05, 4.69) is 23.3 Å². The fourth-order valence-electron chi connectivity index (χ4n) is 1.75.